The van der Waals surface area contributed by atoms with Gasteiger partial charge in [-0.2, -0.15) is 0 Å². The number of aliphatic carboxylic acids is 1. The average molecular weight is 365 g/mol. The van der Waals surface area contributed by atoms with Crippen molar-refractivity contribution in [2.24, 2.45) is 0 Å². The zero-order chi connectivity index (χ0) is 19.0. The summed E-state index contributed by atoms with van der Waals surface area (Å²) in [5, 5.41) is 13.8. The molecule has 0 radical (unpaired) electrons. The highest BCUT2D eigenvalue weighted by molar-refractivity contribution is 7.89. The van der Waals surface area contributed by atoms with Gasteiger partial charge in [-0.15, -0.1) is 0 Å². The fourth-order valence-electron chi connectivity index (χ4n) is 1.77. The van der Waals surface area contributed by atoms with Gasteiger partial charge in [-0.1, -0.05) is 0 Å². The van der Waals surface area contributed by atoms with Crippen LogP contribution in [0.3, 0.4) is 0 Å². The molecule has 24 heavy (non-hydrogen) atoms. The van der Waals surface area contributed by atoms with Crippen LogP contribution in [0.1, 0.15) is 47.0 Å². The monoisotopic (exact) mass is 365 g/mol. The number of carboxylic acid groups (broad SMARTS) is 1. The molecule has 0 heterocycles. The van der Waals surface area contributed by atoms with Crippen LogP contribution in [0.15, 0.2) is 0 Å². The van der Waals surface area contributed by atoms with Gasteiger partial charge in [-0.25, -0.2) is 13.1 Å². The van der Waals surface area contributed by atoms with E-state index in [0.29, 0.717) is 0 Å². The lowest BCUT2D eigenvalue weighted by Crippen LogP contribution is -2.45. The topological polar surface area (TPSA) is 142 Å². The van der Waals surface area contributed by atoms with Crippen molar-refractivity contribution in [3.63, 3.8) is 0 Å². The fraction of sp³-hybridized carbons (Fsp3) is 0.786. The highest BCUT2D eigenvalue weighted by Gasteiger charge is 2.22. The largest absolute Gasteiger partial charge is 0.481 e. The van der Waals surface area contributed by atoms with Gasteiger partial charge in [0.15, 0.2) is 0 Å². The maximum Gasteiger partial charge on any atom is 0.303 e. The Labute approximate surface area is 142 Å². The highest BCUT2D eigenvalue weighted by Crippen LogP contribution is 2.11. The number of nitrogens with one attached hydrogen (secondary N) is 3. The van der Waals surface area contributed by atoms with Crippen LogP contribution in [0.25, 0.3) is 0 Å². The summed E-state index contributed by atoms with van der Waals surface area (Å²) in [7, 11) is -3.75. The Balaban J connectivity index is 4.28. The van der Waals surface area contributed by atoms with Crippen LogP contribution in [0, 0.1) is 0 Å². The molecule has 9 nitrogen and oxygen atoms in total. The Hall–Kier alpha value is -1.68. The van der Waals surface area contributed by atoms with Crippen LogP contribution in [0.5, 0.6) is 0 Å². The summed E-state index contributed by atoms with van der Waals surface area (Å²) < 4.78 is 25.6. The molecule has 0 aromatic heterocycles. The Morgan fingerprint density at radius 1 is 1.08 bits per heavy atom. The van der Waals surface area contributed by atoms with E-state index in [0.717, 1.165) is 0 Å². The van der Waals surface area contributed by atoms with Crippen LogP contribution >= 0.6 is 0 Å². The zero-order valence-electron chi connectivity index (χ0n) is 14.5. The summed E-state index contributed by atoms with van der Waals surface area (Å²) in [6.07, 6.45) is -0.149. The van der Waals surface area contributed by atoms with Crippen LogP contribution in [0.2, 0.25) is 0 Å². The molecule has 0 rings (SSSR count). The Bertz CT molecular complexity index is 557. The SMILES string of the molecule is CC(C)NC(=O)CNS(=O)(=O)CCC(=O)NC(C)(C)CCC(=O)O. The van der Waals surface area contributed by atoms with Gasteiger partial charge in [-0.3, -0.25) is 14.4 Å². The molecule has 0 spiro atoms. The molecule has 0 aromatic carbocycles. The minimum Gasteiger partial charge on any atom is -0.481 e. The molecule has 0 saturated heterocycles. The number of sulfonamides is 1. The molecule has 0 aliphatic carbocycles. The van der Waals surface area contributed by atoms with Gasteiger partial charge in [0.25, 0.3) is 0 Å². The molecule has 0 bridgehead atoms. The van der Waals surface area contributed by atoms with Gasteiger partial charge in [0, 0.05) is 24.4 Å². The summed E-state index contributed by atoms with van der Waals surface area (Å²) in [5.41, 5.74) is -0.746. The lowest BCUT2D eigenvalue weighted by Gasteiger charge is -2.25. The molecule has 0 aliphatic rings. The summed E-state index contributed by atoms with van der Waals surface area (Å²) in [4.78, 5) is 33.7. The van der Waals surface area contributed by atoms with Gasteiger partial charge in [-0.05, 0) is 34.1 Å². The number of carbonyl (C=O) groups is 3. The van der Waals surface area contributed by atoms with E-state index in [1.54, 1.807) is 27.7 Å². The van der Waals surface area contributed by atoms with E-state index in [9.17, 15) is 22.8 Å². The summed E-state index contributed by atoms with van der Waals surface area (Å²) in [6, 6.07) is -0.0965. The van der Waals surface area contributed by atoms with Crippen molar-refractivity contribution in [1.82, 2.24) is 15.4 Å². The van der Waals surface area contributed by atoms with Crippen LogP contribution in [-0.4, -0.2) is 55.2 Å². The molecule has 4 N–H and O–H groups in total. The van der Waals surface area contributed by atoms with E-state index in [4.69, 9.17) is 5.11 Å². The Kier molecular flexibility index (Phi) is 8.91. The molecule has 2 amide bonds. The third-order valence-corrected chi connectivity index (χ3v) is 4.27. The molecule has 10 heteroatoms. The Morgan fingerprint density at radius 2 is 1.67 bits per heavy atom. The van der Waals surface area contributed by atoms with Gasteiger partial charge in [0.1, 0.15) is 0 Å². The maximum absolute atomic E-state index is 11.8. The normalized spacial score (nSPS) is 12.0. The van der Waals surface area contributed by atoms with Crippen molar-refractivity contribution in [2.45, 2.75) is 58.5 Å². The standard InChI is InChI=1S/C14H27N3O6S/c1-10(2)16-12(19)9-15-24(22,23)8-6-11(18)17-14(3,4)7-5-13(20)21/h10,15H,5-9H2,1-4H3,(H,16,19)(H,17,18)(H,20,21). The number of carboxylic acids is 1. The number of amides is 2. The molecule has 0 aliphatic heterocycles. The summed E-state index contributed by atoms with van der Waals surface area (Å²) in [6.45, 7) is 6.45. The molecular formula is C14H27N3O6S. The van der Waals surface area contributed by atoms with Gasteiger partial charge < -0.3 is 15.7 Å². The van der Waals surface area contributed by atoms with E-state index < -0.39 is 39.1 Å². The molecule has 0 atom stereocenters. The third-order valence-electron chi connectivity index (χ3n) is 2.94. The third kappa shape index (κ3) is 11.8. The van der Waals surface area contributed by atoms with E-state index in [1.807, 2.05) is 0 Å². The van der Waals surface area contributed by atoms with Crippen LogP contribution in [-0.2, 0) is 24.4 Å². The van der Waals surface area contributed by atoms with Crippen molar-refractivity contribution in [3.8, 4) is 0 Å². The van der Waals surface area contributed by atoms with Gasteiger partial charge in [0.2, 0.25) is 21.8 Å². The van der Waals surface area contributed by atoms with Crippen molar-refractivity contribution in [3.05, 3.63) is 0 Å². The summed E-state index contributed by atoms with van der Waals surface area (Å²) in [5.74, 6) is -2.37. The first-order valence-corrected chi connectivity index (χ1v) is 9.28. The van der Waals surface area contributed by atoms with E-state index in [1.165, 1.54) is 0 Å². The smallest absolute Gasteiger partial charge is 0.303 e. The van der Waals surface area contributed by atoms with Crippen LogP contribution < -0.4 is 15.4 Å². The highest BCUT2D eigenvalue weighted by atomic mass is 32.2. The number of rotatable bonds is 11. The minimum atomic E-state index is -3.75. The predicted octanol–water partition coefficient (Wildman–Crippen LogP) is -0.420. The molecule has 0 saturated carbocycles. The molecule has 0 fully saturated rings. The molecular weight excluding hydrogens is 338 g/mol. The van der Waals surface area contributed by atoms with Crippen molar-refractivity contribution < 1.29 is 27.9 Å². The average Bonchev–Trinajstić information content (AvgIpc) is 2.40. The lowest BCUT2D eigenvalue weighted by atomic mass is 9.98. The van der Waals surface area contributed by atoms with Gasteiger partial charge >= 0.3 is 5.97 Å². The van der Waals surface area contributed by atoms with E-state index in [2.05, 4.69) is 15.4 Å². The van der Waals surface area contributed by atoms with Crippen molar-refractivity contribution >= 4 is 27.8 Å². The van der Waals surface area contributed by atoms with Gasteiger partial charge in [0.05, 0.1) is 12.3 Å². The van der Waals surface area contributed by atoms with E-state index >= 15 is 0 Å². The predicted molar refractivity (Wildman–Crippen MR) is 88.8 cm³/mol. The van der Waals surface area contributed by atoms with Crippen molar-refractivity contribution in [1.29, 1.82) is 0 Å². The number of hydrogen-bond acceptors (Lipinski definition) is 5. The number of hydrogen-bond donors (Lipinski definition) is 4. The number of carbonyl (C=O) groups excluding carboxylic acids is 2. The van der Waals surface area contributed by atoms with E-state index in [-0.39, 0.29) is 31.8 Å². The second-order valence-electron chi connectivity index (χ2n) is 6.44. The Morgan fingerprint density at radius 3 is 2.17 bits per heavy atom. The lowest BCUT2D eigenvalue weighted by molar-refractivity contribution is -0.137. The second kappa shape index (κ2) is 9.58. The molecule has 0 aromatic rings. The quantitative estimate of drug-likeness (QED) is 0.392. The maximum atomic E-state index is 11.8. The first-order chi connectivity index (χ1) is 10.8. The van der Waals surface area contributed by atoms with Crippen LogP contribution in [0.4, 0.5) is 0 Å². The summed E-state index contributed by atoms with van der Waals surface area (Å²) >= 11 is 0. The van der Waals surface area contributed by atoms with Crippen molar-refractivity contribution in [2.75, 3.05) is 12.3 Å². The first-order valence-electron chi connectivity index (χ1n) is 7.62. The minimum absolute atomic E-state index is 0.0965. The first kappa shape index (κ1) is 22.3. The zero-order valence-corrected chi connectivity index (χ0v) is 15.3. The molecule has 0 unspecified atom stereocenters. The molecule has 140 valence electrons. The second-order valence-corrected chi connectivity index (χ2v) is 8.36. The fourth-order valence-corrected chi connectivity index (χ4v) is 2.72.